The van der Waals surface area contributed by atoms with Gasteiger partial charge in [0, 0.05) is 44.9 Å². The summed E-state index contributed by atoms with van der Waals surface area (Å²) in [6, 6.07) is 12.9. The molecule has 1 aliphatic heterocycles. The van der Waals surface area contributed by atoms with Gasteiger partial charge in [-0.15, -0.1) is 0 Å². The van der Waals surface area contributed by atoms with Gasteiger partial charge in [0.2, 0.25) is 15.9 Å². The molecule has 1 fully saturated rings. The average molecular weight is 458 g/mol. The van der Waals surface area contributed by atoms with Crippen LogP contribution >= 0.6 is 0 Å². The van der Waals surface area contributed by atoms with Crippen molar-refractivity contribution in [2.45, 2.75) is 4.90 Å². The van der Waals surface area contributed by atoms with E-state index < -0.39 is 15.8 Å². The van der Waals surface area contributed by atoms with Gasteiger partial charge >= 0.3 is 5.76 Å². The Morgan fingerprint density at radius 3 is 2.41 bits per heavy atom. The number of rotatable bonds is 5. The van der Waals surface area contributed by atoms with Crippen LogP contribution in [0, 0.1) is 0 Å². The number of hydrogen-bond acceptors (Lipinski definition) is 6. The van der Waals surface area contributed by atoms with E-state index >= 15 is 0 Å². The van der Waals surface area contributed by atoms with Gasteiger partial charge in [-0.25, -0.2) is 13.2 Å². The van der Waals surface area contributed by atoms with Crippen LogP contribution in [0.1, 0.15) is 10.4 Å². The number of nitrogens with zero attached hydrogens (tertiary/aromatic N) is 3. The van der Waals surface area contributed by atoms with Crippen molar-refractivity contribution in [3.8, 4) is 0 Å². The van der Waals surface area contributed by atoms with E-state index in [-0.39, 0.29) is 55.0 Å². The van der Waals surface area contributed by atoms with Gasteiger partial charge in [0.25, 0.3) is 5.91 Å². The van der Waals surface area contributed by atoms with Gasteiger partial charge in [-0.05, 0) is 24.3 Å². The number of sulfonamides is 1. The van der Waals surface area contributed by atoms with Crippen LogP contribution in [-0.2, 0) is 21.9 Å². The fourth-order valence-electron chi connectivity index (χ4n) is 3.56. The molecule has 32 heavy (non-hydrogen) atoms. The van der Waals surface area contributed by atoms with Crippen molar-refractivity contribution in [3.63, 3.8) is 0 Å². The molecule has 0 aliphatic carbocycles. The minimum absolute atomic E-state index is 0.0225. The first kappa shape index (κ1) is 21.8. The zero-order valence-corrected chi connectivity index (χ0v) is 18.2. The largest absolute Gasteiger partial charge is 0.419 e. The number of oxazole rings is 1. The molecule has 2 aromatic carbocycles. The lowest BCUT2D eigenvalue weighted by Gasteiger charge is -2.34. The predicted molar refractivity (Wildman–Crippen MR) is 116 cm³/mol. The molecule has 3 aromatic rings. The van der Waals surface area contributed by atoms with Crippen LogP contribution in [0.25, 0.3) is 11.1 Å². The maximum atomic E-state index is 13.0. The maximum absolute atomic E-state index is 13.0. The number of amides is 2. The van der Waals surface area contributed by atoms with E-state index in [0.29, 0.717) is 11.1 Å². The monoisotopic (exact) mass is 458 g/mol. The number of aromatic nitrogens is 1. The third-order valence-electron chi connectivity index (χ3n) is 5.43. The number of benzene rings is 2. The molecule has 10 nitrogen and oxygen atoms in total. The van der Waals surface area contributed by atoms with Crippen LogP contribution in [0.5, 0.6) is 0 Å². The van der Waals surface area contributed by atoms with Gasteiger partial charge < -0.3 is 14.6 Å². The normalized spacial score (nSPS) is 15.1. The molecule has 2 amide bonds. The minimum Gasteiger partial charge on any atom is -0.408 e. The highest BCUT2D eigenvalue weighted by molar-refractivity contribution is 7.89. The third-order valence-corrected chi connectivity index (χ3v) is 7.32. The predicted octanol–water partition coefficient (Wildman–Crippen LogP) is 0.394. The molecule has 0 saturated carbocycles. The summed E-state index contributed by atoms with van der Waals surface area (Å²) in [4.78, 5) is 37.7. The highest BCUT2D eigenvalue weighted by atomic mass is 32.2. The highest BCUT2D eigenvalue weighted by Crippen LogP contribution is 2.22. The van der Waals surface area contributed by atoms with Gasteiger partial charge in [0.1, 0.15) is 0 Å². The Bertz CT molecular complexity index is 1320. The zero-order chi connectivity index (χ0) is 22.9. The van der Waals surface area contributed by atoms with Gasteiger partial charge in [0.05, 0.1) is 17.0 Å². The molecule has 1 N–H and O–H groups in total. The number of carbonyl (C=O) groups excluding carboxylic acids is 2. The van der Waals surface area contributed by atoms with Crippen LogP contribution in [-0.4, -0.2) is 66.7 Å². The molecule has 0 bridgehead atoms. The summed E-state index contributed by atoms with van der Waals surface area (Å²) in [5.74, 6) is -1.19. The molecule has 0 spiro atoms. The van der Waals surface area contributed by atoms with Crippen LogP contribution in [0.2, 0.25) is 0 Å². The molecule has 0 atom stereocenters. The summed E-state index contributed by atoms with van der Waals surface area (Å²) >= 11 is 0. The van der Waals surface area contributed by atoms with Gasteiger partial charge in [-0.2, -0.15) is 4.31 Å². The molecular weight excluding hydrogens is 436 g/mol. The molecule has 168 valence electrons. The Labute approximate surface area is 184 Å². The zero-order valence-electron chi connectivity index (χ0n) is 17.4. The summed E-state index contributed by atoms with van der Waals surface area (Å²) in [5.41, 5.74) is 1.16. The van der Waals surface area contributed by atoms with Crippen molar-refractivity contribution in [2.24, 2.45) is 7.05 Å². The molecule has 0 unspecified atom stereocenters. The van der Waals surface area contributed by atoms with E-state index in [9.17, 15) is 22.8 Å². The Balaban J connectivity index is 1.37. The second-order valence-corrected chi connectivity index (χ2v) is 9.33. The van der Waals surface area contributed by atoms with Crippen molar-refractivity contribution in [1.82, 2.24) is 19.1 Å². The van der Waals surface area contributed by atoms with E-state index in [1.807, 2.05) is 0 Å². The van der Waals surface area contributed by atoms with Crippen LogP contribution in [0.4, 0.5) is 0 Å². The quantitative estimate of drug-likeness (QED) is 0.591. The number of hydrogen-bond donors (Lipinski definition) is 1. The van der Waals surface area contributed by atoms with E-state index in [4.69, 9.17) is 4.42 Å². The van der Waals surface area contributed by atoms with Crippen molar-refractivity contribution in [3.05, 3.63) is 64.6 Å². The SMILES string of the molecule is Cn1c(=O)oc2cc(S(=O)(=O)N3CCN(C(=O)CNC(=O)c4ccccc4)CC3)ccc21. The van der Waals surface area contributed by atoms with Crippen LogP contribution in [0.3, 0.4) is 0 Å². The molecule has 2 heterocycles. The molecule has 1 saturated heterocycles. The van der Waals surface area contributed by atoms with E-state index in [1.54, 1.807) is 37.4 Å². The average Bonchev–Trinajstić information content (AvgIpc) is 3.10. The molecule has 1 aromatic heterocycles. The number of piperazine rings is 1. The Morgan fingerprint density at radius 1 is 1.03 bits per heavy atom. The molecule has 4 rings (SSSR count). The Hall–Kier alpha value is -3.44. The van der Waals surface area contributed by atoms with Crippen LogP contribution < -0.4 is 11.1 Å². The van der Waals surface area contributed by atoms with Crippen molar-refractivity contribution >= 4 is 32.9 Å². The second kappa shape index (κ2) is 8.60. The maximum Gasteiger partial charge on any atom is 0.419 e. The Morgan fingerprint density at radius 2 is 1.72 bits per heavy atom. The second-order valence-electron chi connectivity index (χ2n) is 7.39. The van der Waals surface area contributed by atoms with E-state index in [0.717, 1.165) is 0 Å². The molecule has 1 aliphatic rings. The summed E-state index contributed by atoms with van der Waals surface area (Å²) < 4.78 is 33.7. The van der Waals surface area contributed by atoms with Crippen molar-refractivity contribution in [2.75, 3.05) is 32.7 Å². The first-order valence-corrected chi connectivity index (χ1v) is 11.4. The topological polar surface area (TPSA) is 122 Å². The molecule has 11 heteroatoms. The minimum atomic E-state index is -3.81. The van der Waals surface area contributed by atoms with Gasteiger partial charge in [-0.1, -0.05) is 18.2 Å². The van der Waals surface area contributed by atoms with Crippen molar-refractivity contribution in [1.29, 1.82) is 0 Å². The lowest BCUT2D eigenvalue weighted by atomic mass is 10.2. The fraction of sp³-hybridized carbons (Fsp3) is 0.286. The molecule has 0 radical (unpaired) electrons. The number of fused-ring (bicyclic) bond motifs is 1. The lowest BCUT2D eigenvalue weighted by molar-refractivity contribution is -0.131. The van der Waals surface area contributed by atoms with Crippen LogP contribution in [0.15, 0.2) is 62.6 Å². The fourth-order valence-corrected chi connectivity index (χ4v) is 5.00. The summed E-state index contributed by atoms with van der Waals surface area (Å²) in [6.07, 6.45) is 0. The first-order chi connectivity index (χ1) is 15.3. The van der Waals surface area contributed by atoms with E-state index in [2.05, 4.69) is 5.32 Å². The summed E-state index contributed by atoms with van der Waals surface area (Å²) in [7, 11) is -2.27. The molecular formula is C21H22N4O6S. The smallest absolute Gasteiger partial charge is 0.408 e. The van der Waals surface area contributed by atoms with Gasteiger partial charge in [0.15, 0.2) is 5.58 Å². The number of nitrogens with one attached hydrogen (secondary N) is 1. The first-order valence-electron chi connectivity index (χ1n) is 9.98. The van der Waals surface area contributed by atoms with E-state index in [1.165, 1.54) is 32.0 Å². The summed E-state index contributed by atoms with van der Waals surface area (Å²) in [5, 5.41) is 2.59. The standard InChI is InChI=1S/C21H22N4O6S/c1-23-17-8-7-16(13-18(17)31-21(23)28)32(29,30)25-11-9-24(10-12-25)19(26)14-22-20(27)15-5-3-2-4-6-15/h2-8,13H,9-12,14H2,1H3,(H,22,27). The number of carbonyl (C=O) groups is 2. The van der Waals surface area contributed by atoms with Crippen molar-refractivity contribution < 1.29 is 22.4 Å². The third kappa shape index (κ3) is 4.16. The van der Waals surface area contributed by atoms with Gasteiger partial charge in [-0.3, -0.25) is 14.2 Å². The number of aryl methyl sites for hydroxylation is 1. The highest BCUT2D eigenvalue weighted by Gasteiger charge is 2.30. The Kier molecular flexibility index (Phi) is 5.85. The lowest BCUT2D eigenvalue weighted by Crippen LogP contribution is -2.52. The summed E-state index contributed by atoms with van der Waals surface area (Å²) in [6.45, 7) is 0.503.